The number of nitrogens with zero attached hydrogens (tertiary/aromatic N) is 1. The van der Waals surface area contributed by atoms with E-state index in [1.54, 1.807) is 6.92 Å². The Morgan fingerprint density at radius 3 is 2.69 bits per heavy atom. The Labute approximate surface area is 186 Å². The molecule has 0 spiro atoms. The van der Waals surface area contributed by atoms with Crippen LogP contribution in [0.5, 0.6) is 0 Å². The van der Waals surface area contributed by atoms with E-state index in [0.29, 0.717) is 0 Å². The van der Waals surface area contributed by atoms with Crippen molar-refractivity contribution in [1.29, 1.82) is 0 Å². The van der Waals surface area contributed by atoms with Crippen LogP contribution in [-0.2, 0) is 21.5 Å². The van der Waals surface area contributed by atoms with Crippen molar-refractivity contribution in [1.82, 2.24) is 15.5 Å². The number of fused-ring (bicyclic) bond motifs is 2. The zero-order valence-electron chi connectivity index (χ0n) is 17.9. The molecule has 2 N–H and O–H groups in total. The van der Waals surface area contributed by atoms with Gasteiger partial charge in [-0.25, -0.2) is 4.79 Å². The molecule has 0 bridgehead atoms. The normalized spacial score (nSPS) is 22.5. The molecule has 0 saturated carbocycles. The Bertz CT molecular complexity index is 1230. The lowest BCUT2D eigenvalue weighted by Crippen LogP contribution is -2.44. The molecular weight excluding hydrogens is 402 g/mol. The standard InChI is InChI=1S/C26H25N3O3/c1-26(21-14-6-10-17-8-2-4-12-19(17)21)24(31)29(25(32)28-26)16-23(30)27-22-15-7-11-18-9-3-5-13-20(18)22/h2-6,8-10,12-14,22H,7,11,15-16H2,1H3,(H,27,30)(H,28,32). The van der Waals surface area contributed by atoms with Gasteiger partial charge in [0.25, 0.3) is 5.91 Å². The van der Waals surface area contributed by atoms with Gasteiger partial charge in [-0.1, -0.05) is 66.7 Å². The van der Waals surface area contributed by atoms with Crippen LogP contribution in [0.4, 0.5) is 4.79 Å². The highest BCUT2D eigenvalue weighted by atomic mass is 16.2. The number of urea groups is 1. The van der Waals surface area contributed by atoms with Crippen molar-refractivity contribution in [3.8, 4) is 0 Å². The minimum atomic E-state index is -1.23. The van der Waals surface area contributed by atoms with E-state index in [9.17, 15) is 14.4 Å². The van der Waals surface area contributed by atoms with Crippen molar-refractivity contribution >= 4 is 28.6 Å². The van der Waals surface area contributed by atoms with E-state index in [1.807, 2.05) is 60.7 Å². The second-order valence-electron chi connectivity index (χ2n) is 8.68. The number of hydrogen-bond acceptors (Lipinski definition) is 3. The molecule has 1 saturated heterocycles. The molecule has 1 heterocycles. The van der Waals surface area contributed by atoms with Crippen LogP contribution in [0.3, 0.4) is 0 Å². The number of benzene rings is 3. The van der Waals surface area contributed by atoms with E-state index in [1.165, 1.54) is 5.56 Å². The summed E-state index contributed by atoms with van der Waals surface area (Å²) in [4.78, 5) is 40.0. The van der Waals surface area contributed by atoms with E-state index >= 15 is 0 Å². The third-order valence-corrected chi connectivity index (χ3v) is 6.61. The topological polar surface area (TPSA) is 78.5 Å². The Kier molecular flexibility index (Phi) is 4.93. The van der Waals surface area contributed by atoms with Crippen LogP contribution in [-0.4, -0.2) is 29.3 Å². The summed E-state index contributed by atoms with van der Waals surface area (Å²) < 4.78 is 0. The first-order valence-electron chi connectivity index (χ1n) is 11.0. The molecule has 2 unspecified atom stereocenters. The molecule has 3 aromatic rings. The van der Waals surface area contributed by atoms with Gasteiger partial charge in [0.2, 0.25) is 5.91 Å². The lowest BCUT2D eigenvalue weighted by atomic mass is 9.87. The fourth-order valence-electron chi connectivity index (χ4n) is 4.97. The molecule has 1 aliphatic heterocycles. The maximum Gasteiger partial charge on any atom is 0.325 e. The summed E-state index contributed by atoms with van der Waals surface area (Å²) in [6, 6.07) is 20.9. The van der Waals surface area contributed by atoms with Crippen molar-refractivity contribution in [2.75, 3.05) is 6.54 Å². The molecule has 6 nitrogen and oxygen atoms in total. The lowest BCUT2D eigenvalue weighted by Gasteiger charge is -2.27. The van der Waals surface area contributed by atoms with E-state index in [4.69, 9.17) is 0 Å². The number of hydrogen-bond donors (Lipinski definition) is 2. The SMILES string of the molecule is CC1(c2cccc3ccccc23)NC(=O)N(CC(=O)NC2CCCc3ccccc32)C1=O. The van der Waals surface area contributed by atoms with Gasteiger partial charge in [-0.15, -0.1) is 0 Å². The molecule has 1 fully saturated rings. The monoisotopic (exact) mass is 427 g/mol. The van der Waals surface area contributed by atoms with E-state index < -0.39 is 17.5 Å². The van der Waals surface area contributed by atoms with Gasteiger partial charge in [0.1, 0.15) is 12.1 Å². The third kappa shape index (κ3) is 3.32. The first-order chi connectivity index (χ1) is 15.5. The van der Waals surface area contributed by atoms with Gasteiger partial charge in [-0.3, -0.25) is 14.5 Å². The molecule has 2 aliphatic rings. The summed E-state index contributed by atoms with van der Waals surface area (Å²) in [7, 11) is 0. The van der Waals surface area contributed by atoms with E-state index in [2.05, 4.69) is 16.7 Å². The van der Waals surface area contributed by atoms with Crippen molar-refractivity contribution in [2.24, 2.45) is 0 Å². The van der Waals surface area contributed by atoms with Gasteiger partial charge >= 0.3 is 6.03 Å². The summed E-state index contributed by atoms with van der Waals surface area (Å²) in [5.41, 5.74) is 1.85. The maximum atomic E-state index is 13.4. The largest absolute Gasteiger partial charge is 0.348 e. The Hall–Kier alpha value is -3.67. The smallest absolute Gasteiger partial charge is 0.325 e. The number of carbonyl (C=O) groups excluding carboxylic acids is 3. The van der Waals surface area contributed by atoms with Crippen LogP contribution in [0, 0.1) is 0 Å². The number of rotatable bonds is 4. The van der Waals surface area contributed by atoms with E-state index in [0.717, 1.165) is 46.1 Å². The molecule has 32 heavy (non-hydrogen) atoms. The number of carbonyl (C=O) groups is 3. The highest BCUT2D eigenvalue weighted by molar-refractivity contribution is 6.10. The van der Waals surface area contributed by atoms with Gasteiger partial charge in [0.05, 0.1) is 6.04 Å². The van der Waals surface area contributed by atoms with Crippen LogP contribution >= 0.6 is 0 Å². The fraction of sp³-hybridized carbons (Fsp3) is 0.269. The molecule has 2 atom stereocenters. The average Bonchev–Trinajstić information content (AvgIpc) is 3.02. The Morgan fingerprint density at radius 2 is 1.81 bits per heavy atom. The van der Waals surface area contributed by atoms with Gasteiger partial charge in [-0.2, -0.15) is 0 Å². The summed E-state index contributed by atoms with van der Waals surface area (Å²) in [5, 5.41) is 7.73. The van der Waals surface area contributed by atoms with E-state index in [-0.39, 0.29) is 18.5 Å². The molecule has 0 aromatic heterocycles. The maximum absolute atomic E-state index is 13.4. The number of aryl methyl sites for hydroxylation is 1. The molecule has 162 valence electrons. The predicted molar refractivity (Wildman–Crippen MR) is 122 cm³/mol. The molecule has 0 radical (unpaired) electrons. The number of imide groups is 1. The van der Waals surface area contributed by atoms with Crippen LogP contribution in [0.25, 0.3) is 10.8 Å². The fourth-order valence-corrected chi connectivity index (χ4v) is 4.97. The number of nitrogens with one attached hydrogen (secondary N) is 2. The van der Waals surface area contributed by atoms with Gasteiger partial charge in [-0.05, 0) is 53.6 Å². The van der Waals surface area contributed by atoms with Gasteiger partial charge in [0.15, 0.2) is 0 Å². The minimum Gasteiger partial charge on any atom is -0.348 e. The van der Waals surface area contributed by atoms with Gasteiger partial charge in [0, 0.05) is 0 Å². The highest BCUT2D eigenvalue weighted by Gasteiger charge is 2.50. The highest BCUT2D eigenvalue weighted by Crippen LogP contribution is 2.34. The molecule has 3 aromatic carbocycles. The quantitative estimate of drug-likeness (QED) is 0.622. The molecule has 4 amide bonds. The zero-order valence-corrected chi connectivity index (χ0v) is 17.9. The first-order valence-corrected chi connectivity index (χ1v) is 11.0. The van der Waals surface area contributed by atoms with Crippen LogP contribution in [0.15, 0.2) is 66.7 Å². The average molecular weight is 428 g/mol. The van der Waals surface area contributed by atoms with Gasteiger partial charge < -0.3 is 10.6 Å². The van der Waals surface area contributed by atoms with Crippen molar-refractivity contribution < 1.29 is 14.4 Å². The third-order valence-electron chi connectivity index (χ3n) is 6.61. The molecular formula is C26H25N3O3. The van der Waals surface area contributed by atoms with Crippen molar-refractivity contribution in [3.05, 3.63) is 83.4 Å². The predicted octanol–water partition coefficient (Wildman–Crippen LogP) is 3.80. The number of amides is 4. The summed E-state index contributed by atoms with van der Waals surface area (Å²) in [6.45, 7) is 1.40. The van der Waals surface area contributed by atoms with Crippen molar-refractivity contribution in [3.63, 3.8) is 0 Å². The van der Waals surface area contributed by atoms with Crippen LogP contribution in [0.2, 0.25) is 0 Å². The lowest BCUT2D eigenvalue weighted by molar-refractivity contribution is -0.135. The molecule has 6 heteroatoms. The summed E-state index contributed by atoms with van der Waals surface area (Å²) >= 11 is 0. The zero-order chi connectivity index (χ0) is 22.3. The second-order valence-corrected chi connectivity index (χ2v) is 8.68. The Morgan fingerprint density at radius 1 is 1.06 bits per heavy atom. The second kappa shape index (κ2) is 7.79. The van der Waals surface area contributed by atoms with Crippen molar-refractivity contribution in [2.45, 2.75) is 37.8 Å². The summed E-state index contributed by atoms with van der Waals surface area (Å²) in [6.07, 6.45) is 2.83. The minimum absolute atomic E-state index is 0.0994. The first kappa shape index (κ1) is 20.2. The van der Waals surface area contributed by atoms with Crippen LogP contribution in [0.1, 0.15) is 42.5 Å². The Balaban J connectivity index is 1.36. The van der Waals surface area contributed by atoms with Crippen LogP contribution < -0.4 is 10.6 Å². The summed E-state index contributed by atoms with van der Waals surface area (Å²) in [5.74, 6) is -0.754. The molecule has 1 aliphatic carbocycles. The molecule has 5 rings (SSSR count).